The number of hydrogen-bond acceptors (Lipinski definition) is 6. The van der Waals surface area contributed by atoms with Crippen molar-refractivity contribution in [2.24, 2.45) is 9.98 Å². The van der Waals surface area contributed by atoms with Crippen LogP contribution in [0.1, 0.15) is 20.3 Å². The van der Waals surface area contributed by atoms with Crippen LogP contribution in [0.25, 0.3) is 0 Å². The Bertz CT molecular complexity index is 497. The fourth-order valence-corrected chi connectivity index (χ4v) is 2.27. The zero-order chi connectivity index (χ0) is 18.5. The number of rotatable bonds is 9. The summed E-state index contributed by atoms with van der Waals surface area (Å²) in [5.74, 6) is 0.125. The van der Waals surface area contributed by atoms with E-state index in [1.807, 2.05) is 4.90 Å². The highest BCUT2D eigenvalue weighted by atomic mass is 16.5. The molecule has 0 aromatic heterocycles. The van der Waals surface area contributed by atoms with Gasteiger partial charge in [-0.3, -0.25) is 4.90 Å². The minimum Gasteiger partial charge on any atom is -0.463 e. The van der Waals surface area contributed by atoms with E-state index in [9.17, 15) is 9.59 Å². The van der Waals surface area contributed by atoms with Crippen molar-refractivity contribution in [2.45, 2.75) is 20.3 Å². The zero-order valence-corrected chi connectivity index (χ0v) is 15.1. The first-order valence-corrected chi connectivity index (χ1v) is 8.49. The van der Waals surface area contributed by atoms with E-state index in [-0.39, 0.29) is 5.97 Å². The molecule has 0 atom stereocenters. The molecule has 0 bridgehead atoms. The number of aliphatic imine (C=N–C) groups is 2. The summed E-state index contributed by atoms with van der Waals surface area (Å²) in [5.41, 5.74) is 0.425. The first-order valence-electron chi connectivity index (χ1n) is 8.49. The second-order valence-electron chi connectivity index (χ2n) is 5.52. The minimum absolute atomic E-state index is 0.334. The van der Waals surface area contributed by atoms with Gasteiger partial charge < -0.3 is 19.2 Å². The van der Waals surface area contributed by atoms with Gasteiger partial charge in [-0.1, -0.05) is 0 Å². The van der Waals surface area contributed by atoms with E-state index in [0.29, 0.717) is 37.8 Å². The Hall–Kier alpha value is -2.06. The molecule has 0 amide bonds. The highest BCUT2D eigenvalue weighted by Gasteiger charge is 2.18. The molecule has 140 valence electrons. The highest BCUT2D eigenvalue weighted by molar-refractivity contribution is 5.89. The van der Waals surface area contributed by atoms with Crippen molar-refractivity contribution in [1.29, 1.82) is 0 Å². The predicted octanol–water partition coefficient (Wildman–Crippen LogP) is 0.733. The lowest BCUT2D eigenvalue weighted by Crippen LogP contribution is -2.49. The number of carbonyl (C=O) groups excluding carboxylic acids is 2. The maximum Gasteiger partial charge on any atom is 0.335 e. The van der Waals surface area contributed by atoms with E-state index in [2.05, 4.69) is 21.6 Å². The summed E-state index contributed by atoms with van der Waals surface area (Å²) >= 11 is 0. The number of aldehydes is 1. The van der Waals surface area contributed by atoms with Gasteiger partial charge in [0, 0.05) is 45.3 Å². The quantitative estimate of drug-likeness (QED) is 0.152. The van der Waals surface area contributed by atoms with Crippen molar-refractivity contribution in [1.82, 2.24) is 9.80 Å². The van der Waals surface area contributed by atoms with Crippen LogP contribution in [0, 0.1) is 0 Å². The summed E-state index contributed by atoms with van der Waals surface area (Å²) in [4.78, 5) is 34.3. The molecule has 1 aliphatic rings. The van der Waals surface area contributed by atoms with Crippen LogP contribution in [0.2, 0.25) is 0 Å². The van der Waals surface area contributed by atoms with Gasteiger partial charge in [-0.2, -0.15) is 0 Å². The van der Waals surface area contributed by atoms with Crippen LogP contribution in [0.5, 0.6) is 0 Å². The molecule has 0 aromatic rings. The van der Waals surface area contributed by atoms with Crippen LogP contribution in [0.3, 0.4) is 0 Å². The van der Waals surface area contributed by atoms with Crippen molar-refractivity contribution in [3.63, 3.8) is 0 Å². The normalized spacial score (nSPS) is 16.6. The first-order chi connectivity index (χ1) is 12.1. The summed E-state index contributed by atoms with van der Waals surface area (Å²) in [5, 5.41) is 0. The summed E-state index contributed by atoms with van der Waals surface area (Å²) < 4.78 is 10.3. The summed E-state index contributed by atoms with van der Waals surface area (Å²) in [6.45, 7) is 12.5. The molecule has 0 spiro atoms. The van der Waals surface area contributed by atoms with Gasteiger partial charge >= 0.3 is 5.97 Å². The van der Waals surface area contributed by atoms with E-state index in [1.165, 1.54) is 6.20 Å². The topological polar surface area (TPSA) is 83.8 Å². The molecular formula is C17H28N4O4. The van der Waals surface area contributed by atoms with E-state index in [4.69, 9.17) is 9.47 Å². The Morgan fingerprint density at radius 1 is 1.24 bits per heavy atom. The minimum atomic E-state index is -0.380. The van der Waals surface area contributed by atoms with Gasteiger partial charge in [0.05, 0.1) is 25.4 Å². The molecule has 1 saturated heterocycles. The maximum atomic E-state index is 11.6. The lowest BCUT2D eigenvalue weighted by Gasteiger charge is -2.34. The van der Waals surface area contributed by atoms with Crippen molar-refractivity contribution < 1.29 is 19.1 Å². The smallest absolute Gasteiger partial charge is 0.335 e. The molecule has 0 unspecified atom stereocenters. The molecule has 1 rings (SSSR count). The molecule has 0 aromatic carbocycles. The van der Waals surface area contributed by atoms with Crippen molar-refractivity contribution in [3.05, 3.63) is 11.8 Å². The van der Waals surface area contributed by atoms with Gasteiger partial charge in [-0.05, 0) is 20.6 Å². The highest BCUT2D eigenvalue weighted by Crippen LogP contribution is 2.05. The van der Waals surface area contributed by atoms with Gasteiger partial charge in [-0.15, -0.1) is 0 Å². The Kier molecular flexibility index (Phi) is 10.3. The van der Waals surface area contributed by atoms with E-state index < -0.39 is 0 Å². The largest absolute Gasteiger partial charge is 0.463 e. The van der Waals surface area contributed by atoms with Crippen LogP contribution in [-0.4, -0.2) is 87.3 Å². The summed E-state index contributed by atoms with van der Waals surface area (Å²) in [6, 6.07) is 0. The Labute approximate surface area is 149 Å². The molecule has 1 heterocycles. The number of carbonyl (C=O) groups is 2. The van der Waals surface area contributed by atoms with Crippen LogP contribution in [-0.2, 0) is 19.1 Å². The average molecular weight is 352 g/mol. The lowest BCUT2D eigenvalue weighted by molar-refractivity contribution is -0.138. The molecule has 0 N–H and O–H groups in total. The molecule has 8 heteroatoms. The fraction of sp³-hybridized carbons (Fsp3) is 0.647. The van der Waals surface area contributed by atoms with Crippen LogP contribution in [0.4, 0.5) is 0 Å². The zero-order valence-electron chi connectivity index (χ0n) is 15.1. The van der Waals surface area contributed by atoms with Crippen LogP contribution in [0.15, 0.2) is 21.8 Å². The molecule has 1 fully saturated rings. The predicted molar refractivity (Wildman–Crippen MR) is 96.9 cm³/mol. The Morgan fingerprint density at radius 2 is 1.96 bits per heavy atom. The second kappa shape index (κ2) is 12.3. The van der Waals surface area contributed by atoms with E-state index in [1.54, 1.807) is 13.8 Å². The summed E-state index contributed by atoms with van der Waals surface area (Å²) in [6.07, 6.45) is 2.77. The van der Waals surface area contributed by atoms with Gasteiger partial charge in [0.15, 0.2) is 0 Å². The number of guanidine groups is 1. The average Bonchev–Trinajstić information content (AvgIpc) is 2.63. The number of piperazine rings is 1. The first kappa shape index (κ1) is 21.0. The van der Waals surface area contributed by atoms with Gasteiger partial charge in [0.25, 0.3) is 0 Å². The number of hydrogen-bond donors (Lipinski definition) is 0. The third-order valence-corrected chi connectivity index (χ3v) is 3.70. The maximum absolute atomic E-state index is 11.6. The van der Waals surface area contributed by atoms with Gasteiger partial charge in [-0.25, -0.2) is 14.8 Å². The standard InChI is InChI=1S/C17H28N4O4/c1-4-25-16(23)15(2)14-19-17(18-3)21-8-6-20(7-9-21)10-13-24-12-5-11-22/h11,14H,3-10,12-13H2,1-2H3/b15-14+,19-17+. The number of nitrogens with zero attached hydrogens (tertiary/aromatic N) is 4. The monoisotopic (exact) mass is 352 g/mol. The Balaban J connectivity index is 2.43. The third-order valence-electron chi connectivity index (χ3n) is 3.70. The molecule has 0 saturated carbocycles. The second-order valence-corrected chi connectivity index (χ2v) is 5.52. The SMILES string of the molecule is C=N/C(=N\C=C(/C)C(=O)OCC)N1CCN(CCOCCC=O)CC1. The Morgan fingerprint density at radius 3 is 2.56 bits per heavy atom. The molecule has 25 heavy (non-hydrogen) atoms. The molecule has 0 aliphatic carbocycles. The third kappa shape index (κ3) is 8.04. The molecular weight excluding hydrogens is 324 g/mol. The van der Waals surface area contributed by atoms with Crippen LogP contribution < -0.4 is 0 Å². The van der Waals surface area contributed by atoms with Crippen molar-refractivity contribution in [3.8, 4) is 0 Å². The molecule has 0 radical (unpaired) electrons. The van der Waals surface area contributed by atoms with Crippen molar-refractivity contribution in [2.75, 3.05) is 52.5 Å². The number of ether oxygens (including phenoxy) is 2. The van der Waals surface area contributed by atoms with Crippen molar-refractivity contribution >= 4 is 24.9 Å². The van der Waals surface area contributed by atoms with Gasteiger partial charge in [0.2, 0.25) is 5.96 Å². The summed E-state index contributed by atoms with van der Waals surface area (Å²) in [7, 11) is 0. The molecule has 8 nitrogen and oxygen atoms in total. The van der Waals surface area contributed by atoms with Gasteiger partial charge in [0.1, 0.15) is 6.29 Å². The number of esters is 1. The molecule has 1 aliphatic heterocycles. The van der Waals surface area contributed by atoms with E-state index >= 15 is 0 Å². The fourth-order valence-electron chi connectivity index (χ4n) is 2.27. The van der Waals surface area contributed by atoms with E-state index in [0.717, 1.165) is 39.0 Å². The lowest BCUT2D eigenvalue weighted by atomic mass is 10.3. The van der Waals surface area contributed by atoms with Crippen LogP contribution >= 0.6 is 0 Å².